The molecule has 0 spiro atoms. The van der Waals surface area contributed by atoms with E-state index >= 15 is 0 Å². The smallest absolute Gasteiger partial charge is 0.270 e. The second-order valence-electron chi connectivity index (χ2n) is 6.77. The Kier molecular flexibility index (Phi) is 10.5. The molecule has 0 aliphatic rings. The predicted molar refractivity (Wildman–Crippen MR) is 128 cm³/mol. The van der Waals surface area contributed by atoms with Gasteiger partial charge in [0.2, 0.25) is 0 Å². The van der Waals surface area contributed by atoms with Gasteiger partial charge in [-0.05, 0) is 44.1 Å². The Bertz CT molecular complexity index is 1030. The van der Waals surface area contributed by atoms with Crippen LogP contribution in [0.3, 0.4) is 0 Å². The van der Waals surface area contributed by atoms with E-state index in [1.807, 2.05) is 31.1 Å². The molecule has 3 rings (SSSR count). The van der Waals surface area contributed by atoms with Crippen LogP contribution in [0.4, 0.5) is 15.8 Å². The van der Waals surface area contributed by atoms with Gasteiger partial charge < -0.3 is 25.4 Å². The summed E-state index contributed by atoms with van der Waals surface area (Å²) in [7, 11) is 3.81. The molecule has 0 unspecified atom stereocenters. The molecule has 2 aromatic carbocycles. The lowest BCUT2D eigenvalue weighted by molar-refractivity contribution is 0.0939. The maximum atomic E-state index is 11.9. The molecule has 0 bridgehead atoms. The topological polar surface area (TPSA) is 99.1 Å². The lowest BCUT2D eigenvalue weighted by Crippen LogP contribution is -2.28. The van der Waals surface area contributed by atoms with Gasteiger partial charge >= 0.3 is 0 Å². The van der Waals surface area contributed by atoms with Gasteiger partial charge in [-0.2, -0.15) is 0 Å². The van der Waals surface area contributed by atoms with Gasteiger partial charge in [0, 0.05) is 31.9 Å². The standard InChI is InChI=1S/C18H23N5O3.C6H5F/c1-19-12-23(3)17-5-4-13(10-15(17)20-2)26-14-6-7-21-16(11-14)18(25)22-8-9-24;7-6-4-2-1-3-5-6/h4-7,10-11,19,24H,2,8-9,12H2,1,3H3,(H,22,25);1-5H. The van der Waals surface area contributed by atoms with Crippen molar-refractivity contribution in [3.8, 4) is 11.5 Å². The van der Waals surface area contributed by atoms with Crippen molar-refractivity contribution in [3.05, 3.63) is 78.4 Å². The fraction of sp³-hybridized carbons (Fsp3) is 0.208. The monoisotopic (exact) mass is 453 g/mol. The molecule has 1 heterocycles. The number of aliphatic imine (C=N–C) groups is 1. The quantitative estimate of drug-likeness (QED) is 0.339. The number of carbonyl (C=O) groups is 1. The maximum absolute atomic E-state index is 11.9. The number of rotatable bonds is 9. The van der Waals surface area contributed by atoms with Gasteiger partial charge in [0.1, 0.15) is 23.0 Å². The molecule has 0 aliphatic heterocycles. The summed E-state index contributed by atoms with van der Waals surface area (Å²) < 4.78 is 17.7. The number of amides is 1. The number of aliphatic hydroxyl groups excluding tert-OH is 1. The van der Waals surface area contributed by atoms with Gasteiger partial charge in [-0.3, -0.25) is 14.8 Å². The molecule has 174 valence electrons. The first-order valence-electron chi connectivity index (χ1n) is 10.2. The number of ether oxygens (including phenoxy) is 1. The summed E-state index contributed by atoms with van der Waals surface area (Å²) in [5.74, 6) is 0.492. The highest BCUT2D eigenvalue weighted by atomic mass is 19.1. The van der Waals surface area contributed by atoms with Crippen LogP contribution in [0.25, 0.3) is 0 Å². The van der Waals surface area contributed by atoms with E-state index in [-0.39, 0.29) is 30.6 Å². The molecule has 0 saturated carbocycles. The fourth-order valence-electron chi connectivity index (χ4n) is 2.75. The van der Waals surface area contributed by atoms with Crippen molar-refractivity contribution in [3.63, 3.8) is 0 Å². The van der Waals surface area contributed by atoms with E-state index in [9.17, 15) is 9.18 Å². The molecule has 3 N–H and O–H groups in total. The van der Waals surface area contributed by atoms with Crippen molar-refractivity contribution in [2.45, 2.75) is 0 Å². The van der Waals surface area contributed by atoms with Gasteiger partial charge in [0.05, 0.1) is 24.7 Å². The number of hydrogen-bond donors (Lipinski definition) is 3. The molecule has 0 aliphatic carbocycles. The Morgan fingerprint density at radius 3 is 2.52 bits per heavy atom. The summed E-state index contributed by atoms with van der Waals surface area (Å²) in [6.07, 6.45) is 1.49. The van der Waals surface area contributed by atoms with E-state index < -0.39 is 0 Å². The second kappa shape index (κ2) is 13.6. The van der Waals surface area contributed by atoms with Crippen molar-refractivity contribution in [1.82, 2.24) is 15.6 Å². The van der Waals surface area contributed by atoms with Gasteiger partial charge in [-0.1, -0.05) is 18.2 Å². The summed E-state index contributed by atoms with van der Waals surface area (Å²) in [6.45, 7) is 4.32. The van der Waals surface area contributed by atoms with Crippen molar-refractivity contribution in [2.75, 3.05) is 38.8 Å². The van der Waals surface area contributed by atoms with Crippen LogP contribution in [0.5, 0.6) is 11.5 Å². The molecular weight excluding hydrogens is 425 g/mol. The lowest BCUT2D eigenvalue weighted by atomic mass is 10.2. The summed E-state index contributed by atoms with van der Waals surface area (Å²) in [4.78, 5) is 22.0. The number of anilines is 1. The van der Waals surface area contributed by atoms with Crippen LogP contribution in [0.15, 0.2) is 71.9 Å². The number of hydrogen-bond acceptors (Lipinski definition) is 7. The van der Waals surface area contributed by atoms with E-state index in [0.29, 0.717) is 23.9 Å². The average Bonchev–Trinajstić information content (AvgIpc) is 2.83. The van der Waals surface area contributed by atoms with Crippen LogP contribution in [-0.2, 0) is 0 Å². The number of aliphatic hydroxyl groups is 1. The SMILES string of the molecule is C=Nc1cc(Oc2ccnc(C(=O)NCCO)c2)ccc1N(C)CNC.Fc1ccccc1. The van der Waals surface area contributed by atoms with Crippen molar-refractivity contribution in [1.29, 1.82) is 0 Å². The number of pyridine rings is 1. The second-order valence-corrected chi connectivity index (χ2v) is 6.77. The van der Waals surface area contributed by atoms with Crippen molar-refractivity contribution >= 4 is 24.0 Å². The van der Waals surface area contributed by atoms with E-state index in [1.165, 1.54) is 24.4 Å². The van der Waals surface area contributed by atoms with Crippen LogP contribution in [0.1, 0.15) is 10.5 Å². The van der Waals surface area contributed by atoms with E-state index in [2.05, 4.69) is 27.3 Å². The molecule has 9 heteroatoms. The van der Waals surface area contributed by atoms with Crippen LogP contribution in [0.2, 0.25) is 0 Å². The Labute approximate surface area is 192 Å². The lowest BCUT2D eigenvalue weighted by Gasteiger charge is -2.21. The number of carbonyl (C=O) groups excluding carboxylic acids is 1. The zero-order chi connectivity index (χ0) is 24.1. The molecule has 1 aromatic heterocycles. The largest absolute Gasteiger partial charge is 0.457 e. The van der Waals surface area contributed by atoms with Gasteiger partial charge in [0.15, 0.2) is 0 Å². The summed E-state index contributed by atoms with van der Waals surface area (Å²) in [5, 5.41) is 14.4. The maximum Gasteiger partial charge on any atom is 0.270 e. The first kappa shape index (κ1) is 25.4. The van der Waals surface area contributed by atoms with E-state index in [1.54, 1.807) is 30.3 Å². The van der Waals surface area contributed by atoms with Crippen molar-refractivity contribution < 1.29 is 19.0 Å². The Morgan fingerprint density at radius 1 is 1.18 bits per heavy atom. The third-order valence-corrected chi connectivity index (χ3v) is 4.25. The van der Waals surface area contributed by atoms with Crippen LogP contribution < -0.4 is 20.3 Å². The van der Waals surface area contributed by atoms with E-state index in [4.69, 9.17) is 9.84 Å². The molecule has 1 amide bonds. The highest BCUT2D eigenvalue weighted by Gasteiger charge is 2.11. The van der Waals surface area contributed by atoms with Crippen molar-refractivity contribution in [2.24, 2.45) is 4.99 Å². The molecule has 33 heavy (non-hydrogen) atoms. The zero-order valence-electron chi connectivity index (χ0n) is 18.7. The van der Waals surface area contributed by atoms with Crippen LogP contribution >= 0.6 is 0 Å². The Balaban J connectivity index is 0.000000468. The third kappa shape index (κ3) is 8.32. The predicted octanol–water partition coefficient (Wildman–Crippen LogP) is 3.37. The minimum absolute atomic E-state index is 0.131. The van der Waals surface area contributed by atoms with Gasteiger partial charge in [-0.15, -0.1) is 0 Å². The number of benzene rings is 2. The summed E-state index contributed by atoms with van der Waals surface area (Å²) in [5.41, 5.74) is 1.82. The molecule has 3 aromatic rings. The molecular formula is C24H28FN5O3. The normalized spacial score (nSPS) is 9.94. The molecule has 8 nitrogen and oxygen atoms in total. The van der Waals surface area contributed by atoms with Crippen LogP contribution in [-0.4, -0.2) is 56.6 Å². The molecule has 0 radical (unpaired) electrons. The first-order valence-corrected chi connectivity index (χ1v) is 10.2. The zero-order valence-corrected chi connectivity index (χ0v) is 18.7. The fourth-order valence-corrected chi connectivity index (χ4v) is 2.75. The van der Waals surface area contributed by atoms with Crippen LogP contribution in [0, 0.1) is 5.82 Å². The molecule has 0 fully saturated rings. The van der Waals surface area contributed by atoms with Gasteiger partial charge in [0.25, 0.3) is 5.91 Å². The molecule has 0 saturated heterocycles. The third-order valence-electron chi connectivity index (χ3n) is 4.25. The molecule has 0 atom stereocenters. The average molecular weight is 454 g/mol. The Morgan fingerprint density at radius 2 is 1.91 bits per heavy atom. The van der Waals surface area contributed by atoms with Gasteiger partial charge in [-0.25, -0.2) is 4.39 Å². The summed E-state index contributed by atoms with van der Waals surface area (Å²) in [6, 6.07) is 16.6. The highest BCUT2D eigenvalue weighted by molar-refractivity contribution is 5.92. The summed E-state index contributed by atoms with van der Waals surface area (Å²) >= 11 is 0. The highest BCUT2D eigenvalue weighted by Crippen LogP contribution is 2.33. The minimum Gasteiger partial charge on any atom is -0.457 e. The number of halogens is 1. The Hall–Kier alpha value is -3.82. The van der Waals surface area contributed by atoms with E-state index in [0.717, 1.165) is 5.69 Å². The number of nitrogens with zero attached hydrogens (tertiary/aromatic N) is 3. The number of nitrogens with one attached hydrogen (secondary N) is 2. The minimum atomic E-state index is -0.373. The first-order chi connectivity index (χ1) is 16.0. The number of aromatic nitrogens is 1.